The van der Waals surface area contributed by atoms with Crippen LogP contribution in [-0.2, 0) is 20.8 Å². The van der Waals surface area contributed by atoms with Crippen molar-refractivity contribution in [3.8, 4) is 0 Å². The minimum Gasteiger partial charge on any atom is -0.465 e. The van der Waals surface area contributed by atoms with Gasteiger partial charge in [-0.2, -0.15) is 0 Å². The molecule has 0 aromatic heterocycles. The number of halogens is 1. The third kappa shape index (κ3) is 4.82. The zero-order valence-electron chi connectivity index (χ0n) is 19.6. The summed E-state index contributed by atoms with van der Waals surface area (Å²) in [6.45, 7) is 9.18. The van der Waals surface area contributed by atoms with Gasteiger partial charge in [0, 0.05) is 25.2 Å². The van der Waals surface area contributed by atoms with Crippen LogP contribution in [0.5, 0.6) is 0 Å². The van der Waals surface area contributed by atoms with Crippen molar-refractivity contribution in [2.24, 2.45) is 5.92 Å². The zero-order valence-corrected chi connectivity index (χ0v) is 19.6. The third-order valence-electron chi connectivity index (χ3n) is 6.08. The van der Waals surface area contributed by atoms with E-state index in [-0.39, 0.29) is 23.9 Å². The molecular weight excluding hydrogens is 423 g/mol. The number of hydrogen-bond acceptors (Lipinski definition) is 5. The van der Waals surface area contributed by atoms with Crippen LogP contribution in [0.2, 0.25) is 0 Å². The van der Waals surface area contributed by atoms with Crippen LogP contribution in [-0.4, -0.2) is 53.2 Å². The molecule has 1 aromatic rings. The Labute approximate surface area is 194 Å². The fraction of sp³-hybridized carbons (Fsp3) is 0.462. The fourth-order valence-corrected chi connectivity index (χ4v) is 4.72. The number of carbonyl (C=O) groups is 2. The van der Waals surface area contributed by atoms with Crippen molar-refractivity contribution in [2.45, 2.75) is 52.3 Å². The number of carbonyl (C=O) groups excluding carboxylic acids is 2. The molecule has 6 nitrogen and oxygen atoms in total. The van der Waals surface area contributed by atoms with Gasteiger partial charge in [-0.05, 0) is 56.5 Å². The number of rotatable bonds is 4. The van der Waals surface area contributed by atoms with Gasteiger partial charge in [-0.25, -0.2) is 9.18 Å². The van der Waals surface area contributed by atoms with Gasteiger partial charge in [-0.3, -0.25) is 4.79 Å². The summed E-state index contributed by atoms with van der Waals surface area (Å²) in [5.74, 6) is -1.00. The Balaban J connectivity index is 1.66. The van der Waals surface area contributed by atoms with Gasteiger partial charge in [0.05, 0.1) is 25.1 Å². The van der Waals surface area contributed by atoms with E-state index >= 15 is 0 Å². The number of nitrogens with zero attached hydrogens (tertiary/aromatic N) is 2. The molecule has 1 amide bonds. The molecule has 0 N–H and O–H groups in total. The average Bonchev–Trinajstić information content (AvgIpc) is 3.07. The SMILES string of the molecule is CCOC(=O)C1C=CC=C2C3=C(CCN(C(=O)OC(C)(C)C)C3)N(Cc3ccc(F)cc3)C21. The van der Waals surface area contributed by atoms with Crippen LogP contribution in [0.15, 0.2) is 59.3 Å². The van der Waals surface area contributed by atoms with Gasteiger partial charge in [0.1, 0.15) is 11.4 Å². The molecule has 2 heterocycles. The molecule has 176 valence electrons. The zero-order chi connectivity index (χ0) is 23.8. The second-order valence-corrected chi connectivity index (χ2v) is 9.56. The topological polar surface area (TPSA) is 59.1 Å². The quantitative estimate of drug-likeness (QED) is 0.624. The molecule has 0 fully saturated rings. The molecule has 1 aliphatic carbocycles. The first-order valence-electron chi connectivity index (χ1n) is 11.4. The van der Waals surface area contributed by atoms with E-state index in [4.69, 9.17) is 9.47 Å². The summed E-state index contributed by atoms with van der Waals surface area (Å²) in [6, 6.07) is 6.22. The first-order valence-corrected chi connectivity index (χ1v) is 11.4. The number of ether oxygens (including phenoxy) is 2. The van der Waals surface area contributed by atoms with Gasteiger partial charge in [0.2, 0.25) is 0 Å². The monoisotopic (exact) mass is 454 g/mol. The smallest absolute Gasteiger partial charge is 0.410 e. The van der Waals surface area contributed by atoms with Crippen molar-refractivity contribution in [1.82, 2.24) is 9.80 Å². The molecule has 0 saturated heterocycles. The normalized spacial score (nSPS) is 22.0. The van der Waals surface area contributed by atoms with E-state index in [1.165, 1.54) is 12.1 Å². The molecule has 7 heteroatoms. The standard InChI is InChI=1S/C26H31FN2O4/c1-5-32-24(30)20-8-6-7-19-21-16-28(25(31)33-26(2,3)4)14-13-22(21)29(23(19)20)15-17-9-11-18(27)12-10-17/h6-12,20,23H,5,13-16H2,1-4H3. The Morgan fingerprint density at radius 1 is 1.18 bits per heavy atom. The Morgan fingerprint density at radius 3 is 2.58 bits per heavy atom. The van der Waals surface area contributed by atoms with Crippen LogP contribution in [0, 0.1) is 11.7 Å². The summed E-state index contributed by atoms with van der Waals surface area (Å²) in [4.78, 5) is 29.5. The third-order valence-corrected chi connectivity index (χ3v) is 6.08. The van der Waals surface area contributed by atoms with Gasteiger partial charge in [0.25, 0.3) is 0 Å². The average molecular weight is 455 g/mol. The number of esters is 1. The molecule has 2 unspecified atom stereocenters. The lowest BCUT2D eigenvalue weighted by Crippen LogP contribution is -2.42. The van der Waals surface area contributed by atoms with Gasteiger partial charge < -0.3 is 19.3 Å². The van der Waals surface area contributed by atoms with E-state index in [2.05, 4.69) is 4.90 Å². The van der Waals surface area contributed by atoms with Crippen molar-refractivity contribution in [1.29, 1.82) is 0 Å². The molecule has 0 bridgehead atoms. The molecule has 0 saturated carbocycles. The molecule has 3 aliphatic rings. The Bertz CT molecular complexity index is 1020. The van der Waals surface area contributed by atoms with Crippen LogP contribution in [0.1, 0.15) is 39.7 Å². The van der Waals surface area contributed by atoms with E-state index in [1.54, 1.807) is 24.0 Å². The van der Waals surface area contributed by atoms with Gasteiger partial charge in [-0.1, -0.05) is 30.4 Å². The van der Waals surface area contributed by atoms with Gasteiger partial charge in [-0.15, -0.1) is 0 Å². The summed E-state index contributed by atoms with van der Waals surface area (Å²) in [7, 11) is 0. The molecular formula is C26H31FN2O4. The van der Waals surface area contributed by atoms with Crippen molar-refractivity contribution in [3.05, 3.63) is 70.7 Å². The fourth-order valence-electron chi connectivity index (χ4n) is 4.72. The molecule has 1 aromatic carbocycles. The van der Waals surface area contributed by atoms with E-state index < -0.39 is 11.5 Å². The molecule has 33 heavy (non-hydrogen) atoms. The molecule has 4 rings (SSSR count). The molecule has 0 spiro atoms. The lowest BCUT2D eigenvalue weighted by atomic mass is 9.86. The number of allylic oxidation sites excluding steroid dienone is 2. The largest absolute Gasteiger partial charge is 0.465 e. The summed E-state index contributed by atoms with van der Waals surface area (Å²) >= 11 is 0. The maximum Gasteiger partial charge on any atom is 0.410 e. The molecule has 2 aliphatic heterocycles. The lowest BCUT2D eigenvalue weighted by molar-refractivity contribution is -0.147. The number of benzene rings is 1. The predicted molar refractivity (Wildman–Crippen MR) is 123 cm³/mol. The lowest BCUT2D eigenvalue weighted by Gasteiger charge is -2.35. The predicted octanol–water partition coefficient (Wildman–Crippen LogP) is 4.58. The van der Waals surface area contributed by atoms with E-state index in [9.17, 15) is 14.0 Å². The van der Waals surface area contributed by atoms with Crippen molar-refractivity contribution >= 4 is 12.1 Å². The van der Waals surface area contributed by atoms with Gasteiger partial charge in [0.15, 0.2) is 0 Å². The highest BCUT2D eigenvalue weighted by atomic mass is 19.1. The summed E-state index contributed by atoms with van der Waals surface area (Å²) in [5, 5.41) is 0. The second-order valence-electron chi connectivity index (χ2n) is 9.56. The summed E-state index contributed by atoms with van der Waals surface area (Å²) in [5.41, 5.74) is 3.59. The maximum atomic E-state index is 13.5. The van der Waals surface area contributed by atoms with Crippen molar-refractivity contribution < 1.29 is 23.5 Å². The number of hydrogen-bond donors (Lipinski definition) is 0. The Hall–Kier alpha value is -3.09. The van der Waals surface area contributed by atoms with E-state index in [0.29, 0.717) is 32.7 Å². The maximum absolute atomic E-state index is 13.5. The number of amides is 1. The van der Waals surface area contributed by atoms with Crippen molar-refractivity contribution in [3.63, 3.8) is 0 Å². The van der Waals surface area contributed by atoms with Crippen LogP contribution in [0.25, 0.3) is 0 Å². The molecule has 0 radical (unpaired) electrons. The summed E-state index contributed by atoms with van der Waals surface area (Å²) < 4.78 is 24.4. The van der Waals surface area contributed by atoms with Crippen LogP contribution < -0.4 is 0 Å². The highest BCUT2D eigenvalue weighted by Gasteiger charge is 2.46. The highest BCUT2D eigenvalue weighted by Crippen LogP contribution is 2.44. The molecule has 2 atom stereocenters. The first kappa shape index (κ1) is 23.1. The van der Waals surface area contributed by atoms with E-state index in [1.807, 2.05) is 39.0 Å². The first-order chi connectivity index (χ1) is 15.7. The van der Waals surface area contributed by atoms with Crippen LogP contribution in [0.3, 0.4) is 0 Å². The minimum atomic E-state index is -0.569. The van der Waals surface area contributed by atoms with Crippen molar-refractivity contribution in [2.75, 3.05) is 19.7 Å². The van der Waals surface area contributed by atoms with E-state index in [0.717, 1.165) is 22.4 Å². The Morgan fingerprint density at radius 2 is 1.91 bits per heavy atom. The number of fused-ring (bicyclic) bond motifs is 2. The van der Waals surface area contributed by atoms with Gasteiger partial charge >= 0.3 is 12.1 Å². The minimum absolute atomic E-state index is 0.220. The van der Waals surface area contributed by atoms with Crippen LogP contribution in [0.4, 0.5) is 9.18 Å². The second kappa shape index (κ2) is 9.04. The highest BCUT2D eigenvalue weighted by molar-refractivity contribution is 5.78. The van der Waals surface area contributed by atoms with Crippen LogP contribution >= 0.6 is 0 Å². The Kier molecular flexibility index (Phi) is 6.32. The summed E-state index contributed by atoms with van der Waals surface area (Å²) in [6.07, 6.45) is 6.12.